The van der Waals surface area contributed by atoms with Crippen LogP contribution in [0.1, 0.15) is 31.4 Å². The summed E-state index contributed by atoms with van der Waals surface area (Å²) in [5.41, 5.74) is 1.11. The van der Waals surface area contributed by atoms with Gasteiger partial charge in [-0.2, -0.15) is 0 Å². The Kier molecular flexibility index (Phi) is 11.0. The van der Waals surface area contributed by atoms with Gasteiger partial charge in [0.2, 0.25) is 0 Å². The Hall–Kier alpha value is -0.890. The van der Waals surface area contributed by atoms with Crippen molar-refractivity contribution in [1.29, 1.82) is 0 Å². The summed E-state index contributed by atoms with van der Waals surface area (Å²) in [6.07, 6.45) is 7.96. The molecule has 23 heavy (non-hydrogen) atoms. The highest BCUT2D eigenvalue weighted by Gasteiger charge is 2.09. The van der Waals surface area contributed by atoms with Crippen molar-refractivity contribution in [2.75, 3.05) is 39.8 Å². The number of rotatable bonds is 8. The quantitative estimate of drug-likeness (QED) is 0.287. The zero-order valence-corrected chi connectivity index (χ0v) is 16.5. The van der Waals surface area contributed by atoms with Gasteiger partial charge in [-0.05, 0) is 57.5 Å². The van der Waals surface area contributed by atoms with Gasteiger partial charge in [0.05, 0.1) is 0 Å². The van der Waals surface area contributed by atoms with E-state index in [1.165, 1.54) is 45.3 Å². The van der Waals surface area contributed by atoms with Crippen molar-refractivity contribution < 1.29 is 0 Å². The van der Waals surface area contributed by atoms with Gasteiger partial charge in [-0.3, -0.25) is 9.98 Å². The van der Waals surface area contributed by atoms with Crippen LogP contribution in [0.5, 0.6) is 0 Å². The van der Waals surface area contributed by atoms with E-state index in [1.807, 2.05) is 25.4 Å². The Morgan fingerprint density at radius 2 is 1.96 bits per heavy atom. The van der Waals surface area contributed by atoms with Gasteiger partial charge in [0.25, 0.3) is 0 Å². The number of aromatic nitrogens is 1. The van der Waals surface area contributed by atoms with Crippen LogP contribution in [-0.2, 0) is 6.42 Å². The summed E-state index contributed by atoms with van der Waals surface area (Å²) in [6, 6.07) is 6.02. The zero-order valence-electron chi connectivity index (χ0n) is 14.1. The fourth-order valence-electron chi connectivity index (χ4n) is 2.75. The number of guanidine groups is 1. The molecular weight excluding hydrogens is 401 g/mol. The minimum absolute atomic E-state index is 0. The second kappa shape index (κ2) is 12.5. The van der Waals surface area contributed by atoms with Crippen LogP contribution in [0, 0.1) is 0 Å². The highest BCUT2D eigenvalue weighted by atomic mass is 127. The van der Waals surface area contributed by atoms with E-state index >= 15 is 0 Å². The normalized spacial score (nSPS) is 15.3. The Labute approximate surface area is 157 Å². The summed E-state index contributed by atoms with van der Waals surface area (Å²) in [5, 5.41) is 6.72. The summed E-state index contributed by atoms with van der Waals surface area (Å²) < 4.78 is 0. The highest BCUT2D eigenvalue weighted by molar-refractivity contribution is 14.0. The van der Waals surface area contributed by atoms with Gasteiger partial charge in [-0.25, -0.2) is 0 Å². The van der Waals surface area contributed by atoms with Crippen LogP contribution in [0.15, 0.2) is 29.4 Å². The molecule has 1 aliphatic heterocycles. The molecule has 0 saturated carbocycles. The second-order valence-corrected chi connectivity index (χ2v) is 5.75. The topological polar surface area (TPSA) is 52.6 Å². The number of nitrogens with zero attached hydrogens (tertiary/aromatic N) is 3. The maximum Gasteiger partial charge on any atom is 0.190 e. The number of pyridine rings is 1. The van der Waals surface area contributed by atoms with E-state index in [0.717, 1.165) is 31.2 Å². The van der Waals surface area contributed by atoms with Crippen LogP contribution >= 0.6 is 24.0 Å². The third kappa shape index (κ3) is 8.50. The van der Waals surface area contributed by atoms with E-state index in [0.29, 0.717) is 0 Å². The molecule has 0 radical (unpaired) electrons. The molecule has 1 aromatic rings. The smallest absolute Gasteiger partial charge is 0.190 e. The number of hydrogen-bond acceptors (Lipinski definition) is 3. The molecule has 1 saturated heterocycles. The summed E-state index contributed by atoms with van der Waals surface area (Å²) in [6.45, 7) is 5.67. The van der Waals surface area contributed by atoms with Crippen LogP contribution in [0.3, 0.4) is 0 Å². The van der Waals surface area contributed by atoms with Gasteiger partial charge in [-0.15, -0.1) is 24.0 Å². The molecule has 0 aliphatic carbocycles. The van der Waals surface area contributed by atoms with Crippen molar-refractivity contribution in [3.8, 4) is 0 Å². The van der Waals surface area contributed by atoms with Gasteiger partial charge >= 0.3 is 0 Å². The predicted molar refractivity (Wildman–Crippen MR) is 108 cm³/mol. The highest BCUT2D eigenvalue weighted by Crippen LogP contribution is 2.07. The van der Waals surface area contributed by atoms with E-state index in [-0.39, 0.29) is 24.0 Å². The molecule has 0 spiro atoms. The largest absolute Gasteiger partial charge is 0.356 e. The maximum absolute atomic E-state index is 4.32. The molecule has 0 aromatic carbocycles. The Morgan fingerprint density at radius 1 is 1.17 bits per heavy atom. The van der Waals surface area contributed by atoms with Crippen molar-refractivity contribution in [1.82, 2.24) is 20.5 Å². The number of unbranched alkanes of at least 4 members (excludes halogenated alkanes) is 1. The van der Waals surface area contributed by atoms with Crippen LogP contribution in [0.2, 0.25) is 0 Å². The van der Waals surface area contributed by atoms with Crippen LogP contribution < -0.4 is 10.6 Å². The molecule has 2 heterocycles. The molecule has 1 aromatic heterocycles. The molecule has 0 bridgehead atoms. The van der Waals surface area contributed by atoms with Crippen molar-refractivity contribution in [3.05, 3.63) is 30.1 Å². The number of halogens is 1. The van der Waals surface area contributed by atoms with E-state index in [4.69, 9.17) is 0 Å². The average Bonchev–Trinajstić information content (AvgIpc) is 3.07. The lowest BCUT2D eigenvalue weighted by Crippen LogP contribution is -2.39. The fraction of sp³-hybridized carbons (Fsp3) is 0.647. The third-order valence-corrected chi connectivity index (χ3v) is 4.02. The first-order chi connectivity index (χ1) is 10.9. The SMILES string of the molecule is CN=C(NCCCCN1CCCC1)NCCc1ccccn1.I. The number of likely N-dealkylation sites (tertiary alicyclic amines) is 1. The van der Waals surface area contributed by atoms with E-state index < -0.39 is 0 Å². The fourth-order valence-corrected chi connectivity index (χ4v) is 2.75. The maximum atomic E-state index is 4.32. The molecule has 0 atom stereocenters. The van der Waals surface area contributed by atoms with Crippen LogP contribution in [0.25, 0.3) is 0 Å². The first-order valence-corrected chi connectivity index (χ1v) is 8.45. The second-order valence-electron chi connectivity index (χ2n) is 5.75. The minimum atomic E-state index is 0. The molecule has 0 amide bonds. The lowest BCUT2D eigenvalue weighted by atomic mass is 10.3. The van der Waals surface area contributed by atoms with Crippen molar-refractivity contribution in [2.24, 2.45) is 4.99 Å². The Balaban J connectivity index is 0.00000264. The molecule has 1 fully saturated rings. The Bertz CT molecular complexity index is 432. The van der Waals surface area contributed by atoms with Gasteiger partial charge in [0.1, 0.15) is 0 Å². The first-order valence-electron chi connectivity index (χ1n) is 8.45. The predicted octanol–water partition coefficient (Wildman–Crippen LogP) is 2.28. The van der Waals surface area contributed by atoms with E-state index in [2.05, 4.69) is 31.6 Å². The summed E-state index contributed by atoms with van der Waals surface area (Å²) in [5.74, 6) is 0.886. The Morgan fingerprint density at radius 3 is 2.65 bits per heavy atom. The van der Waals surface area contributed by atoms with Crippen molar-refractivity contribution >= 4 is 29.9 Å². The lowest BCUT2D eigenvalue weighted by Gasteiger charge is -2.15. The van der Waals surface area contributed by atoms with Gasteiger partial charge in [-0.1, -0.05) is 6.07 Å². The molecular formula is C17H30IN5. The molecule has 5 nitrogen and oxygen atoms in total. The molecule has 6 heteroatoms. The van der Waals surface area contributed by atoms with Crippen molar-refractivity contribution in [2.45, 2.75) is 32.1 Å². The summed E-state index contributed by atoms with van der Waals surface area (Å²) >= 11 is 0. The van der Waals surface area contributed by atoms with Crippen LogP contribution in [-0.4, -0.2) is 55.6 Å². The van der Waals surface area contributed by atoms with Gasteiger partial charge in [0, 0.05) is 38.4 Å². The molecule has 2 rings (SSSR count). The first kappa shape index (κ1) is 20.2. The van der Waals surface area contributed by atoms with Gasteiger partial charge < -0.3 is 15.5 Å². The minimum Gasteiger partial charge on any atom is -0.356 e. The zero-order chi connectivity index (χ0) is 15.5. The molecule has 1 aliphatic rings. The monoisotopic (exact) mass is 431 g/mol. The third-order valence-electron chi connectivity index (χ3n) is 4.02. The van der Waals surface area contributed by atoms with E-state index in [9.17, 15) is 0 Å². The number of hydrogen-bond donors (Lipinski definition) is 2. The summed E-state index contributed by atoms with van der Waals surface area (Å²) in [7, 11) is 1.82. The molecule has 2 N–H and O–H groups in total. The standard InChI is InChI=1S/C17H29N5.HI/c1-18-17(21-12-9-16-8-2-3-10-19-16)20-11-4-5-13-22-14-6-7-15-22;/h2-3,8,10H,4-7,9,11-15H2,1H3,(H2,18,20,21);1H. The van der Waals surface area contributed by atoms with E-state index in [1.54, 1.807) is 0 Å². The average molecular weight is 431 g/mol. The molecule has 130 valence electrons. The number of nitrogens with one attached hydrogen (secondary N) is 2. The van der Waals surface area contributed by atoms with Crippen LogP contribution in [0.4, 0.5) is 0 Å². The number of aliphatic imine (C=N–C) groups is 1. The molecule has 0 unspecified atom stereocenters. The summed E-state index contributed by atoms with van der Waals surface area (Å²) in [4.78, 5) is 11.1. The van der Waals surface area contributed by atoms with Gasteiger partial charge in [0.15, 0.2) is 5.96 Å². The lowest BCUT2D eigenvalue weighted by molar-refractivity contribution is 0.330. The van der Waals surface area contributed by atoms with Crippen molar-refractivity contribution in [3.63, 3.8) is 0 Å².